The van der Waals surface area contributed by atoms with Gasteiger partial charge in [0.2, 0.25) is 11.8 Å². The predicted octanol–water partition coefficient (Wildman–Crippen LogP) is 2.13. The zero-order valence-electron chi connectivity index (χ0n) is 19.3. The molecule has 0 unspecified atom stereocenters. The molecular formula is C24H35FN4O3. The first-order valence-electron chi connectivity index (χ1n) is 11.7. The number of carbonyl (C=O) groups excluding carboxylic acids is 3. The summed E-state index contributed by atoms with van der Waals surface area (Å²) in [6.45, 7) is 9.71. The lowest BCUT2D eigenvalue weighted by Gasteiger charge is -2.40. The lowest BCUT2D eigenvalue weighted by atomic mass is 10.0. The maximum atomic E-state index is 13.2. The standard InChI is InChI=1S/C24H35FN4O3/c1-17(2)21(26-22(30)19-7-9-20(25)10-8-19)24(32)29-15-13-27(14-16-29)18(3)23(31)28-11-5-4-6-12-28/h7-10,17-18,21H,4-6,11-16H2,1-3H3,(H,26,30)/t18-,21+/m1/s1. The minimum atomic E-state index is -0.661. The summed E-state index contributed by atoms with van der Waals surface area (Å²) in [6.07, 6.45) is 3.33. The molecule has 7 nitrogen and oxygen atoms in total. The van der Waals surface area contributed by atoms with Gasteiger partial charge in [-0.2, -0.15) is 0 Å². The molecule has 0 saturated carbocycles. The van der Waals surface area contributed by atoms with Crippen LogP contribution in [0.15, 0.2) is 24.3 Å². The Labute approximate surface area is 189 Å². The average Bonchev–Trinajstić information content (AvgIpc) is 2.82. The lowest BCUT2D eigenvalue weighted by molar-refractivity contribution is -0.140. The molecule has 2 aliphatic heterocycles. The summed E-state index contributed by atoms with van der Waals surface area (Å²) in [6, 6.07) is 4.42. The minimum absolute atomic E-state index is 0.0930. The number of piperazine rings is 1. The number of amides is 3. The molecule has 0 spiro atoms. The van der Waals surface area contributed by atoms with Gasteiger partial charge < -0.3 is 15.1 Å². The Morgan fingerprint density at radius 1 is 0.812 bits per heavy atom. The first-order chi connectivity index (χ1) is 15.3. The third-order valence-corrected chi connectivity index (χ3v) is 6.52. The number of carbonyl (C=O) groups is 3. The molecule has 0 aliphatic carbocycles. The van der Waals surface area contributed by atoms with Crippen LogP contribution in [-0.4, -0.2) is 83.8 Å². The lowest BCUT2D eigenvalue weighted by Crippen LogP contribution is -2.59. The third kappa shape index (κ3) is 5.85. The van der Waals surface area contributed by atoms with Crippen molar-refractivity contribution in [2.24, 2.45) is 5.92 Å². The molecule has 1 aromatic rings. The van der Waals surface area contributed by atoms with Crippen LogP contribution >= 0.6 is 0 Å². The first kappa shape index (κ1) is 24.2. The molecule has 3 amide bonds. The molecule has 2 atom stereocenters. The van der Waals surface area contributed by atoms with Crippen LogP contribution in [0.3, 0.4) is 0 Å². The van der Waals surface area contributed by atoms with Crippen molar-refractivity contribution in [1.29, 1.82) is 0 Å². The van der Waals surface area contributed by atoms with E-state index in [1.54, 1.807) is 4.90 Å². The minimum Gasteiger partial charge on any atom is -0.341 e. The first-order valence-corrected chi connectivity index (χ1v) is 11.7. The molecule has 2 aliphatic rings. The molecule has 32 heavy (non-hydrogen) atoms. The van der Waals surface area contributed by atoms with Crippen molar-refractivity contribution >= 4 is 17.7 Å². The zero-order valence-corrected chi connectivity index (χ0v) is 19.3. The van der Waals surface area contributed by atoms with Gasteiger partial charge in [0, 0.05) is 44.8 Å². The van der Waals surface area contributed by atoms with E-state index in [0.29, 0.717) is 31.7 Å². The Balaban J connectivity index is 1.55. The maximum Gasteiger partial charge on any atom is 0.251 e. The van der Waals surface area contributed by atoms with E-state index < -0.39 is 17.8 Å². The van der Waals surface area contributed by atoms with Crippen molar-refractivity contribution in [3.8, 4) is 0 Å². The highest BCUT2D eigenvalue weighted by Gasteiger charge is 2.34. The number of hydrogen-bond acceptors (Lipinski definition) is 4. The fourth-order valence-electron chi connectivity index (χ4n) is 4.40. The van der Waals surface area contributed by atoms with E-state index >= 15 is 0 Å². The van der Waals surface area contributed by atoms with Gasteiger partial charge in [0.05, 0.1) is 6.04 Å². The number of piperidine rings is 1. The van der Waals surface area contributed by atoms with Crippen LogP contribution in [-0.2, 0) is 9.59 Å². The topological polar surface area (TPSA) is 73.0 Å². The fraction of sp³-hybridized carbons (Fsp3) is 0.625. The number of nitrogens with zero attached hydrogens (tertiary/aromatic N) is 3. The summed E-state index contributed by atoms with van der Waals surface area (Å²) in [7, 11) is 0. The molecule has 0 radical (unpaired) electrons. The molecule has 176 valence electrons. The van der Waals surface area contributed by atoms with Crippen LogP contribution in [0.2, 0.25) is 0 Å². The van der Waals surface area contributed by atoms with Gasteiger partial charge in [-0.25, -0.2) is 4.39 Å². The zero-order chi connectivity index (χ0) is 23.3. The van der Waals surface area contributed by atoms with Crippen molar-refractivity contribution in [1.82, 2.24) is 20.0 Å². The Hall–Kier alpha value is -2.48. The molecule has 1 aromatic carbocycles. The van der Waals surface area contributed by atoms with Crippen LogP contribution in [0.25, 0.3) is 0 Å². The SMILES string of the molecule is CC(C)[C@H](NC(=O)c1ccc(F)cc1)C(=O)N1CCN([C@H](C)C(=O)N2CCCCC2)CC1. The molecule has 3 rings (SSSR count). The van der Waals surface area contributed by atoms with E-state index in [4.69, 9.17) is 0 Å². The van der Waals surface area contributed by atoms with E-state index in [1.807, 2.05) is 25.7 Å². The third-order valence-electron chi connectivity index (χ3n) is 6.52. The quantitative estimate of drug-likeness (QED) is 0.727. The van der Waals surface area contributed by atoms with Crippen molar-refractivity contribution in [3.63, 3.8) is 0 Å². The molecule has 8 heteroatoms. The van der Waals surface area contributed by atoms with Crippen molar-refractivity contribution in [2.75, 3.05) is 39.3 Å². The molecule has 0 bridgehead atoms. The second-order valence-electron chi connectivity index (χ2n) is 9.13. The number of halogens is 1. The predicted molar refractivity (Wildman–Crippen MR) is 121 cm³/mol. The van der Waals surface area contributed by atoms with E-state index in [2.05, 4.69) is 10.2 Å². The van der Waals surface area contributed by atoms with Crippen molar-refractivity contribution in [2.45, 2.75) is 52.1 Å². The second-order valence-corrected chi connectivity index (χ2v) is 9.13. The van der Waals surface area contributed by atoms with Crippen molar-refractivity contribution in [3.05, 3.63) is 35.6 Å². The van der Waals surface area contributed by atoms with Gasteiger partial charge in [-0.3, -0.25) is 19.3 Å². The molecule has 1 N–H and O–H groups in total. The molecule has 2 saturated heterocycles. The summed E-state index contributed by atoms with van der Waals surface area (Å²) in [5.74, 6) is -0.842. The fourth-order valence-corrected chi connectivity index (χ4v) is 4.40. The number of benzene rings is 1. The van der Waals surface area contributed by atoms with Crippen molar-refractivity contribution < 1.29 is 18.8 Å². The smallest absolute Gasteiger partial charge is 0.251 e. The van der Waals surface area contributed by atoms with E-state index in [9.17, 15) is 18.8 Å². The number of hydrogen-bond donors (Lipinski definition) is 1. The van der Waals surface area contributed by atoms with Gasteiger partial charge in [-0.15, -0.1) is 0 Å². The van der Waals surface area contributed by atoms with Gasteiger partial charge in [-0.05, 0) is 56.4 Å². The summed E-state index contributed by atoms with van der Waals surface area (Å²) in [4.78, 5) is 44.4. The van der Waals surface area contributed by atoms with Crippen LogP contribution in [0, 0.1) is 11.7 Å². The Morgan fingerprint density at radius 2 is 1.38 bits per heavy atom. The van der Waals surface area contributed by atoms with Gasteiger partial charge in [0.15, 0.2) is 0 Å². The average molecular weight is 447 g/mol. The number of rotatable bonds is 6. The van der Waals surface area contributed by atoms with Crippen LogP contribution < -0.4 is 5.32 Å². The number of likely N-dealkylation sites (tertiary alicyclic amines) is 1. The highest BCUT2D eigenvalue weighted by molar-refractivity contribution is 5.97. The molecule has 2 fully saturated rings. The monoisotopic (exact) mass is 446 g/mol. The van der Waals surface area contributed by atoms with E-state index in [1.165, 1.54) is 30.7 Å². The summed E-state index contributed by atoms with van der Waals surface area (Å²) in [5, 5.41) is 2.82. The van der Waals surface area contributed by atoms with Crippen LogP contribution in [0.1, 0.15) is 50.4 Å². The Bertz CT molecular complexity index is 800. The molecular weight excluding hydrogens is 411 g/mol. The van der Waals surface area contributed by atoms with E-state index in [-0.39, 0.29) is 23.8 Å². The van der Waals surface area contributed by atoms with Gasteiger partial charge >= 0.3 is 0 Å². The number of nitrogens with one attached hydrogen (secondary N) is 1. The van der Waals surface area contributed by atoms with Gasteiger partial charge in [-0.1, -0.05) is 13.8 Å². The summed E-state index contributed by atoms with van der Waals surface area (Å²) >= 11 is 0. The van der Waals surface area contributed by atoms with Gasteiger partial charge in [0.1, 0.15) is 11.9 Å². The second kappa shape index (κ2) is 10.9. The Kier molecular flexibility index (Phi) is 8.23. The molecule has 0 aromatic heterocycles. The largest absolute Gasteiger partial charge is 0.341 e. The highest BCUT2D eigenvalue weighted by Crippen LogP contribution is 2.16. The Morgan fingerprint density at radius 3 is 1.94 bits per heavy atom. The van der Waals surface area contributed by atoms with Crippen LogP contribution in [0.4, 0.5) is 4.39 Å². The van der Waals surface area contributed by atoms with E-state index in [0.717, 1.165) is 25.9 Å². The van der Waals surface area contributed by atoms with Crippen LogP contribution in [0.5, 0.6) is 0 Å². The maximum absolute atomic E-state index is 13.2. The van der Waals surface area contributed by atoms with Gasteiger partial charge in [0.25, 0.3) is 5.91 Å². The normalized spacial score (nSPS) is 19.5. The summed E-state index contributed by atoms with van der Waals surface area (Å²) in [5.41, 5.74) is 0.319. The summed E-state index contributed by atoms with van der Waals surface area (Å²) < 4.78 is 13.1. The highest BCUT2D eigenvalue weighted by atomic mass is 19.1. The molecule has 2 heterocycles.